The van der Waals surface area contributed by atoms with Crippen molar-refractivity contribution in [2.75, 3.05) is 0 Å². The minimum atomic E-state index is -2.84. The number of ether oxygens (including phenoxy) is 1. The van der Waals surface area contributed by atoms with Crippen molar-refractivity contribution in [1.29, 1.82) is 0 Å². The molecule has 0 N–H and O–H groups in total. The first-order chi connectivity index (χ1) is 11.6. The summed E-state index contributed by atoms with van der Waals surface area (Å²) in [5.74, 6) is 0.152. The van der Waals surface area contributed by atoms with Gasteiger partial charge < -0.3 is 4.74 Å². The lowest BCUT2D eigenvalue weighted by molar-refractivity contribution is -0.0499. The second kappa shape index (κ2) is 7.36. The predicted octanol–water partition coefficient (Wildman–Crippen LogP) is 5.89. The van der Waals surface area contributed by atoms with E-state index in [1.165, 1.54) is 23.0 Å². The Morgan fingerprint density at radius 3 is 2.54 bits per heavy atom. The predicted molar refractivity (Wildman–Crippen MR) is 94.3 cm³/mol. The maximum atomic E-state index is 12.4. The summed E-state index contributed by atoms with van der Waals surface area (Å²) in [7, 11) is 0. The molecule has 0 atom stereocenters. The van der Waals surface area contributed by atoms with E-state index in [2.05, 4.69) is 9.72 Å². The highest BCUT2D eigenvalue weighted by atomic mass is 32.1. The molecule has 0 aliphatic heterocycles. The van der Waals surface area contributed by atoms with Crippen LogP contribution >= 0.6 is 11.3 Å². The molecule has 1 heterocycles. The molecule has 1 aromatic heterocycles. The number of alkyl halides is 2. The summed E-state index contributed by atoms with van der Waals surface area (Å²) in [5.41, 5.74) is 3.74. The van der Waals surface area contributed by atoms with Crippen LogP contribution in [0.1, 0.15) is 16.1 Å². The Hall–Kier alpha value is -2.53. The van der Waals surface area contributed by atoms with Gasteiger partial charge in [0, 0.05) is 16.5 Å². The smallest absolute Gasteiger partial charge is 0.387 e. The van der Waals surface area contributed by atoms with Gasteiger partial charge >= 0.3 is 6.61 Å². The lowest BCUT2D eigenvalue weighted by Crippen LogP contribution is -2.02. The van der Waals surface area contributed by atoms with Crippen LogP contribution in [0.25, 0.3) is 23.4 Å². The van der Waals surface area contributed by atoms with E-state index >= 15 is 0 Å². The molecule has 2 nitrogen and oxygen atoms in total. The molecule has 5 heteroatoms. The van der Waals surface area contributed by atoms with Crippen LogP contribution in [0.3, 0.4) is 0 Å². The zero-order valence-electron chi connectivity index (χ0n) is 12.9. The van der Waals surface area contributed by atoms with Crippen LogP contribution in [0.5, 0.6) is 5.75 Å². The molecular formula is C19H15F2NOS. The Kier molecular flexibility index (Phi) is 5.01. The molecule has 0 radical (unpaired) electrons. The second-order valence-electron chi connectivity index (χ2n) is 5.19. The fraction of sp³-hybridized carbons (Fsp3) is 0.105. The summed E-state index contributed by atoms with van der Waals surface area (Å²) in [6, 6.07) is 14.8. The molecular weight excluding hydrogens is 328 g/mol. The molecule has 3 aromatic rings. The fourth-order valence-electron chi connectivity index (χ4n) is 2.20. The van der Waals surface area contributed by atoms with Crippen molar-refractivity contribution < 1.29 is 13.5 Å². The van der Waals surface area contributed by atoms with Crippen LogP contribution in [0.4, 0.5) is 8.78 Å². The Labute approximate surface area is 143 Å². The number of benzene rings is 2. The van der Waals surface area contributed by atoms with Crippen molar-refractivity contribution in [2.45, 2.75) is 13.5 Å². The number of rotatable bonds is 5. The summed E-state index contributed by atoms with van der Waals surface area (Å²) < 4.78 is 29.4. The Morgan fingerprint density at radius 1 is 1.04 bits per heavy atom. The van der Waals surface area contributed by atoms with Gasteiger partial charge in [-0.05, 0) is 25.1 Å². The monoisotopic (exact) mass is 343 g/mol. The summed E-state index contributed by atoms with van der Waals surface area (Å²) in [6.45, 7) is -0.801. The van der Waals surface area contributed by atoms with E-state index in [9.17, 15) is 8.78 Å². The topological polar surface area (TPSA) is 22.1 Å². The third kappa shape index (κ3) is 4.06. The van der Waals surface area contributed by atoms with Gasteiger partial charge in [0.1, 0.15) is 10.8 Å². The normalized spacial score (nSPS) is 11.3. The van der Waals surface area contributed by atoms with E-state index in [1.54, 1.807) is 30.4 Å². The van der Waals surface area contributed by atoms with Crippen molar-refractivity contribution in [2.24, 2.45) is 0 Å². The summed E-state index contributed by atoms with van der Waals surface area (Å²) in [5, 5.41) is 2.78. The van der Waals surface area contributed by atoms with Gasteiger partial charge in [-0.3, -0.25) is 0 Å². The minimum Gasteiger partial charge on any atom is -0.434 e. The van der Waals surface area contributed by atoms with Crippen molar-refractivity contribution >= 4 is 23.5 Å². The first-order valence-electron chi connectivity index (χ1n) is 7.36. The molecule has 0 bridgehead atoms. The highest BCUT2D eigenvalue weighted by molar-refractivity contribution is 7.10. The number of aromatic nitrogens is 1. The summed E-state index contributed by atoms with van der Waals surface area (Å²) in [4.78, 5) is 4.56. The Bertz CT molecular complexity index is 841. The van der Waals surface area contributed by atoms with Crippen LogP contribution in [0.2, 0.25) is 0 Å². The van der Waals surface area contributed by atoms with Crippen molar-refractivity contribution in [3.63, 3.8) is 0 Å². The highest BCUT2D eigenvalue weighted by Crippen LogP contribution is 2.26. The Morgan fingerprint density at radius 2 is 1.79 bits per heavy atom. The molecule has 3 rings (SSSR count). The highest BCUT2D eigenvalue weighted by Gasteiger charge is 2.07. The molecule has 0 unspecified atom stereocenters. The van der Waals surface area contributed by atoms with Gasteiger partial charge in [0.2, 0.25) is 0 Å². The second-order valence-corrected chi connectivity index (χ2v) is 6.08. The minimum absolute atomic E-state index is 0.152. The largest absolute Gasteiger partial charge is 0.434 e. The Balaban J connectivity index is 1.80. The van der Waals surface area contributed by atoms with E-state index in [1.807, 2.05) is 36.6 Å². The maximum Gasteiger partial charge on any atom is 0.387 e. The number of hydrogen-bond acceptors (Lipinski definition) is 3. The summed E-state index contributed by atoms with van der Waals surface area (Å²) in [6.07, 6.45) is 3.53. The van der Waals surface area contributed by atoms with E-state index in [-0.39, 0.29) is 5.75 Å². The molecule has 0 aliphatic carbocycles. The molecule has 24 heavy (non-hydrogen) atoms. The summed E-state index contributed by atoms with van der Waals surface area (Å²) >= 11 is 1.50. The van der Waals surface area contributed by atoms with Gasteiger partial charge in [0.25, 0.3) is 0 Å². The van der Waals surface area contributed by atoms with Crippen LogP contribution in [-0.2, 0) is 0 Å². The maximum absolute atomic E-state index is 12.4. The zero-order valence-corrected chi connectivity index (χ0v) is 13.8. The van der Waals surface area contributed by atoms with Crippen molar-refractivity contribution in [3.05, 3.63) is 70.0 Å². The van der Waals surface area contributed by atoms with Gasteiger partial charge in [-0.1, -0.05) is 48.0 Å². The third-order valence-corrected chi connectivity index (χ3v) is 4.22. The van der Waals surface area contributed by atoms with Crippen LogP contribution in [0.15, 0.2) is 53.9 Å². The van der Waals surface area contributed by atoms with Gasteiger partial charge in [-0.15, -0.1) is 11.3 Å². The number of aryl methyl sites for hydroxylation is 1. The van der Waals surface area contributed by atoms with E-state index in [0.29, 0.717) is 5.56 Å². The molecule has 0 saturated carbocycles. The molecule has 0 saturated heterocycles. The molecule has 2 aromatic carbocycles. The van der Waals surface area contributed by atoms with Gasteiger partial charge in [-0.2, -0.15) is 8.78 Å². The van der Waals surface area contributed by atoms with Crippen LogP contribution < -0.4 is 4.74 Å². The van der Waals surface area contributed by atoms with Crippen LogP contribution in [-0.4, -0.2) is 11.6 Å². The number of para-hydroxylation sites is 1. The fourth-order valence-corrected chi connectivity index (χ4v) is 2.92. The average molecular weight is 343 g/mol. The number of nitrogens with zero attached hydrogens (tertiary/aromatic N) is 1. The van der Waals surface area contributed by atoms with Gasteiger partial charge in [-0.25, -0.2) is 4.98 Å². The molecule has 122 valence electrons. The molecule has 0 amide bonds. The SMILES string of the molecule is Cc1ccc(-c2csc(C=Cc3ccccc3OC(F)F)n2)cc1. The van der Waals surface area contributed by atoms with Crippen molar-refractivity contribution in [3.8, 4) is 17.0 Å². The average Bonchev–Trinajstić information content (AvgIpc) is 3.03. The van der Waals surface area contributed by atoms with E-state index in [0.717, 1.165) is 16.3 Å². The lowest BCUT2D eigenvalue weighted by Gasteiger charge is -2.06. The zero-order chi connectivity index (χ0) is 16.9. The molecule has 0 fully saturated rings. The van der Waals surface area contributed by atoms with E-state index in [4.69, 9.17) is 0 Å². The quantitative estimate of drug-likeness (QED) is 0.576. The lowest BCUT2D eigenvalue weighted by atomic mass is 10.1. The van der Waals surface area contributed by atoms with Gasteiger partial charge in [0.05, 0.1) is 5.69 Å². The third-order valence-electron chi connectivity index (χ3n) is 3.41. The van der Waals surface area contributed by atoms with E-state index < -0.39 is 6.61 Å². The van der Waals surface area contributed by atoms with Crippen molar-refractivity contribution in [1.82, 2.24) is 4.98 Å². The number of hydrogen-bond donors (Lipinski definition) is 0. The first-order valence-corrected chi connectivity index (χ1v) is 8.24. The standard InChI is InChI=1S/C19H15F2NOS/c1-13-6-8-14(9-7-13)16-12-24-18(22-16)11-10-15-4-2-3-5-17(15)23-19(20)21/h2-12,19H,1H3. The number of thiazole rings is 1. The molecule has 0 aliphatic rings. The number of halogens is 2. The molecule has 0 spiro atoms. The first kappa shape index (κ1) is 16.3. The van der Waals surface area contributed by atoms with Crippen LogP contribution in [0, 0.1) is 6.92 Å². The van der Waals surface area contributed by atoms with Gasteiger partial charge in [0.15, 0.2) is 0 Å².